The molecule has 0 aliphatic carbocycles. The van der Waals surface area contributed by atoms with Crippen LogP contribution in [0, 0.1) is 0 Å². The summed E-state index contributed by atoms with van der Waals surface area (Å²) in [5.74, 6) is -3.53. The first-order valence-electron chi connectivity index (χ1n) is 12.7. The van der Waals surface area contributed by atoms with Crippen molar-refractivity contribution >= 4 is 35.7 Å². The minimum absolute atomic E-state index is 0.0469. The summed E-state index contributed by atoms with van der Waals surface area (Å²) >= 11 is 0. The van der Waals surface area contributed by atoms with Gasteiger partial charge >= 0.3 is 30.0 Å². The molecule has 1 amide bonds. The first-order valence-corrected chi connectivity index (χ1v) is 12.7. The average Bonchev–Trinajstić information content (AvgIpc) is 2.98. The smallest absolute Gasteiger partial charge is 0.407 e. The number of rotatable bonds is 11. The zero-order chi connectivity index (χ0) is 30.5. The third-order valence-electron chi connectivity index (χ3n) is 5.53. The van der Waals surface area contributed by atoms with Crippen molar-refractivity contribution in [2.75, 3.05) is 20.3 Å². The quantitative estimate of drug-likeness (QED) is 0.133. The number of esters is 3. The lowest BCUT2D eigenvalue weighted by Gasteiger charge is -2.39. The fraction of sp³-hybridized carbons (Fsp3) is 0.357. The Bertz CT molecular complexity index is 1270. The van der Waals surface area contributed by atoms with Crippen molar-refractivity contribution in [2.45, 2.75) is 45.1 Å². The van der Waals surface area contributed by atoms with Crippen LogP contribution < -0.4 is 5.32 Å². The molecule has 1 heterocycles. The Labute approximate surface area is 240 Å². The van der Waals surface area contributed by atoms with Crippen LogP contribution in [0.3, 0.4) is 0 Å². The van der Waals surface area contributed by atoms with Crippen molar-refractivity contribution < 1.29 is 57.2 Å². The van der Waals surface area contributed by atoms with Gasteiger partial charge in [-0.25, -0.2) is 14.4 Å². The summed E-state index contributed by atoms with van der Waals surface area (Å²) in [6.07, 6.45) is -7.07. The maximum Gasteiger partial charge on any atom is 0.407 e. The molecule has 0 radical (unpaired) electrons. The number of methoxy groups -OCH3 is 1. The van der Waals surface area contributed by atoms with E-state index in [1.807, 2.05) is 18.2 Å². The molecule has 224 valence electrons. The Kier molecular flexibility index (Phi) is 12.0. The summed E-state index contributed by atoms with van der Waals surface area (Å²) in [5, 5.41) is 6.30. The summed E-state index contributed by atoms with van der Waals surface area (Å²) in [6.45, 7) is 1.87. The summed E-state index contributed by atoms with van der Waals surface area (Å²) in [7, 11) is 1.07. The van der Waals surface area contributed by atoms with Gasteiger partial charge in [-0.3, -0.25) is 9.59 Å². The molecule has 42 heavy (non-hydrogen) atoms. The van der Waals surface area contributed by atoms with E-state index >= 15 is 0 Å². The van der Waals surface area contributed by atoms with Crippen LogP contribution in [0.1, 0.15) is 29.8 Å². The highest BCUT2D eigenvalue weighted by molar-refractivity contribution is 5.97. The average molecular weight is 587 g/mol. The Morgan fingerprint density at radius 1 is 0.905 bits per heavy atom. The van der Waals surface area contributed by atoms with E-state index in [2.05, 4.69) is 10.5 Å². The fourth-order valence-corrected chi connectivity index (χ4v) is 3.70. The van der Waals surface area contributed by atoms with E-state index in [1.165, 1.54) is 12.1 Å². The van der Waals surface area contributed by atoms with Gasteiger partial charge in [-0.15, -0.1) is 0 Å². The lowest BCUT2D eigenvalue weighted by molar-refractivity contribution is -0.220. The van der Waals surface area contributed by atoms with E-state index in [0.29, 0.717) is 0 Å². The first kappa shape index (κ1) is 31.7. The largest absolute Gasteiger partial charge is 0.467 e. The van der Waals surface area contributed by atoms with E-state index in [9.17, 15) is 24.0 Å². The number of carbonyl (C=O) groups is 5. The predicted octanol–water partition coefficient (Wildman–Crippen LogP) is 1.90. The van der Waals surface area contributed by atoms with Gasteiger partial charge in [0.05, 0.1) is 19.3 Å². The number of benzene rings is 2. The second-order valence-electron chi connectivity index (χ2n) is 8.64. The minimum Gasteiger partial charge on any atom is -0.467 e. The SMILES string of the molecule is COC(=O)[C@H]1O[C@@H](OCCNC(=O)OCc2ccccc2)/C(=N/OC(=O)c2ccccc2)[C@@H](OC(C)=O)[C@@H]1OC(C)=O. The third-order valence-corrected chi connectivity index (χ3v) is 5.53. The second kappa shape index (κ2) is 15.8. The number of ether oxygens (including phenoxy) is 6. The molecule has 2 aromatic rings. The second-order valence-corrected chi connectivity index (χ2v) is 8.64. The standard InChI is InChI=1S/C28H30N2O12/c1-17(31)39-22-21(30-42-25(33)20-12-8-5-9-13-20)27(41-24(26(34)36-3)23(22)40-18(2)32)37-15-14-29-28(35)38-16-19-10-6-4-7-11-19/h4-13,22-24,27H,14-16H2,1-3H3,(H,29,35)/b30-21+/t22-,23+,24+,27-/m1/s1. The van der Waals surface area contributed by atoms with E-state index < -0.39 is 54.6 Å². The molecule has 14 heteroatoms. The van der Waals surface area contributed by atoms with Crippen LogP contribution in [0.2, 0.25) is 0 Å². The number of nitrogens with zero attached hydrogens (tertiary/aromatic N) is 1. The van der Waals surface area contributed by atoms with Gasteiger partial charge in [-0.05, 0) is 17.7 Å². The number of oxime groups is 1. The van der Waals surface area contributed by atoms with Crippen LogP contribution >= 0.6 is 0 Å². The normalized spacial score (nSPS) is 20.6. The van der Waals surface area contributed by atoms with Gasteiger partial charge in [-0.2, -0.15) is 0 Å². The monoisotopic (exact) mass is 586 g/mol. The fourth-order valence-electron chi connectivity index (χ4n) is 3.70. The molecule has 0 unspecified atom stereocenters. The van der Waals surface area contributed by atoms with Crippen LogP contribution in [0.4, 0.5) is 4.79 Å². The van der Waals surface area contributed by atoms with Crippen molar-refractivity contribution in [1.82, 2.24) is 5.32 Å². The molecule has 3 rings (SSSR count). The van der Waals surface area contributed by atoms with E-state index in [1.54, 1.807) is 30.3 Å². The molecule has 0 bridgehead atoms. The van der Waals surface area contributed by atoms with Crippen LogP contribution in [0.5, 0.6) is 0 Å². The Morgan fingerprint density at radius 3 is 2.17 bits per heavy atom. The minimum atomic E-state index is -1.62. The molecule has 2 aromatic carbocycles. The number of hydrogen-bond acceptors (Lipinski definition) is 13. The van der Waals surface area contributed by atoms with Gasteiger partial charge in [0, 0.05) is 20.4 Å². The maximum absolute atomic E-state index is 12.6. The zero-order valence-corrected chi connectivity index (χ0v) is 23.1. The van der Waals surface area contributed by atoms with E-state index in [-0.39, 0.29) is 31.0 Å². The number of alkyl carbamates (subject to hydrolysis) is 1. The van der Waals surface area contributed by atoms with Crippen molar-refractivity contribution in [3.05, 3.63) is 71.8 Å². The van der Waals surface area contributed by atoms with E-state index in [4.69, 9.17) is 33.3 Å². The van der Waals surface area contributed by atoms with Crippen molar-refractivity contribution in [2.24, 2.45) is 5.16 Å². The summed E-state index contributed by atoms with van der Waals surface area (Å²) in [5.41, 5.74) is 0.605. The highest BCUT2D eigenvalue weighted by atomic mass is 16.7. The first-order chi connectivity index (χ1) is 20.2. The molecule has 0 saturated carbocycles. The number of amides is 1. The van der Waals surface area contributed by atoms with Crippen LogP contribution in [-0.4, -0.2) is 80.5 Å². The van der Waals surface area contributed by atoms with Crippen molar-refractivity contribution in [1.29, 1.82) is 0 Å². The molecule has 1 aliphatic heterocycles. The molecule has 14 nitrogen and oxygen atoms in total. The molecule has 0 spiro atoms. The van der Waals surface area contributed by atoms with Crippen LogP contribution in [0.25, 0.3) is 0 Å². The molecular formula is C28H30N2O12. The van der Waals surface area contributed by atoms with Gasteiger partial charge < -0.3 is 38.6 Å². The summed E-state index contributed by atoms with van der Waals surface area (Å²) in [4.78, 5) is 66.2. The Morgan fingerprint density at radius 2 is 1.55 bits per heavy atom. The van der Waals surface area contributed by atoms with E-state index in [0.717, 1.165) is 26.5 Å². The Hall–Kier alpha value is -4.82. The molecule has 1 N–H and O–H groups in total. The van der Waals surface area contributed by atoms with Gasteiger partial charge in [0.15, 0.2) is 24.0 Å². The summed E-state index contributed by atoms with van der Waals surface area (Å²) < 4.78 is 31.9. The molecular weight excluding hydrogens is 556 g/mol. The molecule has 0 aromatic heterocycles. The number of nitrogens with one attached hydrogen (secondary N) is 1. The van der Waals surface area contributed by atoms with Crippen LogP contribution in [-0.2, 0) is 54.2 Å². The maximum atomic E-state index is 12.6. The highest BCUT2D eigenvalue weighted by Gasteiger charge is 2.52. The number of carbonyl (C=O) groups excluding carboxylic acids is 5. The van der Waals surface area contributed by atoms with Crippen LogP contribution in [0.15, 0.2) is 65.8 Å². The van der Waals surface area contributed by atoms with Crippen molar-refractivity contribution in [3.63, 3.8) is 0 Å². The third kappa shape index (κ3) is 9.38. The predicted molar refractivity (Wildman–Crippen MR) is 142 cm³/mol. The molecule has 1 aliphatic rings. The van der Waals surface area contributed by atoms with Gasteiger partial charge in [0.1, 0.15) is 6.61 Å². The topological polar surface area (TPSA) is 174 Å². The summed E-state index contributed by atoms with van der Waals surface area (Å²) in [6, 6.07) is 16.9. The van der Waals surface area contributed by atoms with Gasteiger partial charge in [0.25, 0.3) is 0 Å². The molecule has 1 saturated heterocycles. The van der Waals surface area contributed by atoms with Gasteiger partial charge in [-0.1, -0.05) is 53.7 Å². The lowest BCUT2D eigenvalue weighted by atomic mass is 9.98. The number of hydrogen-bond donors (Lipinski definition) is 1. The Balaban J connectivity index is 1.78. The molecule has 1 fully saturated rings. The lowest BCUT2D eigenvalue weighted by Crippen LogP contribution is -2.61. The molecule has 4 atom stereocenters. The zero-order valence-electron chi connectivity index (χ0n) is 23.1. The highest BCUT2D eigenvalue weighted by Crippen LogP contribution is 2.26. The van der Waals surface area contributed by atoms with Gasteiger partial charge in [0.2, 0.25) is 6.29 Å². The van der Waals surface area contributed by atoms with Crippen molar-refractivity contribution in [3.8, 4) is 0 Å².